The minimum Gasteiger partial charge on any atom is -0.0620 e. The molecule has 0 saturated heterocycles. The Morgan fingerprint density at radius 2 is 0.769 bits per heavy atom. The van der Waals surface area contributed by atoms with Gasteiger partial charge < -0.3 is 0 Å². The van der Waals surface area contributed by atoms with E-state index in [0.29, 0.717) is 0 Å². The minimum atomic E-state index is -1.61. The van der Waals surface area contributed by atoms with Crippen LogP contribution in [-0.4, -0.2) is 4.61 Å². The van der Waals surface area contributed by atoms with Crippen LogP contribution in [0.25, 0.3) is 21.9 Å². The Balaban J connectivity index is 0.000000365. The smallest absolute Gasteiger partial charge is 0.0620 e. The van der Waals surface area contributed by atoms with Crippen molar-refractivity contribution in [3.63, 3.8) is 0 Å². The van der Waals surface area contributed by atoms with Crippen molar-refractivity contribution in [2.45, 2.75) is 0 Å². The van der Waals surface area contributed by atoms with Gasteiger partial charge in [0.1, 0.15) is 31.8 Å². The molecule has 0 nitrogen and oxygen atoms in total. The quantitative estimate of drug-likeness (QED) is 0.106. The van der Waals surface area contributed by atoms with Gasteiger partial charge in [0, 0.05) is 11.1 Å². The Morgan fingerprint density at radius 3 is 1.27 bits per heavy atom. The molecular formula is C47H38Cl2P2Ru+2. The minimum absolute atomic E-state index is 1.12. The Morgan fingerprint density at radius 1 is 0.365 bits per heavy atom. The number of benzene rings is 8. The predicted octanol–water partition coefficient (Wildman–Crippen LogP) is 10.3. The maximum atomic E-state index is 5.67. The van der Waals surface area contributed by atoms with Gasteiger partial charge in [0.2, 0.25) is 0 Å². The van der Waals surface area contributed by atoms with E-state index >= 15 is 0 Å². The fourth-order valence-electron chi connectivity index (χ4n) is 6.67. The summed E-state index contributed by atoms with van der Waals surface area (Å²) in [4.78, 5) is 0. The molecule has 8 aromatic carbocycles. The van der Waals surface area contributed by atoms with E-state index in [1.165, 1.54) is 53.7 Å². The fourth-order valence-corrected chi connectivity index (χ4v) is 14.0. The van der Waals surface area contributed by atoms with E-state index in [1.807, 2.05) is 34.9 Å². The molecule has 0 heterocycles. The van der Waals surface area contributed by atoms with Gasteiger partial charge in [-0.25, -0.2) is 0 Å². The van der Waals surface area contributed by atoms with Crippen molar-refractivity contribution in [3.05, 3.63) is 218 Å². The third kappa shape index (κ3) is 8.76. The number of hydrogen-bond donors (Lipinski definition) is 0. The largest absolute Gasteiger partial charge is 0.110 e. The van der Waals surface area contributed by atoms with Gasteiger partial charge in [-0.05, 0) is 71.4 Å². The number of fused-ring (bicyclic) bond motifs is 1. The maximum absolute atomic E-state index is 5.67. The third-order valence-electron chi connectivity index (χ3n) is 8.91. The normalized spacial score (nSPS) is 11.2. The van der Waals surface area contributed by atoms with Gasteiger partial charge in [-0.3, -0.25) is 0 Å². The van der Waals surface area contributed by atoms with E-state index in [-0.39, 0.29) is 0 Å². The average molecular weight is 837 g/mol. The van der Waals surface area contributed by atoms with Gasteiger partial charge in [-0.1, -0.05) is 121 Å². The van der Waals surface area contributed by atoms with Crippen molar-refractivity contribution >= 4 is 82.4 Å². The third-order valence-corrected chi connectivity index (χ3v) is 16.4. The summed E-state index contributed by atoms with van der Waals surface area (Å²) in [6, 6.07) is 77.2. The second kappa shape index (κ2) is 18.1. The monoisotopic (exact) mass is 836 g/mol. The summed E-state index contributed by atoms with van der Waals surface area (Å²) in [7, 11) is 8.75. The maximum Gasteiger partial charge on any atom is 0.110 e. The van der Waals surface area contributed by atoms with Gasteiger partial charge in [0.25, 0.3) is 0 Å². The molecule has 0 aliphatic rings. The molecule has 0 bridgehead atoms. The first kappa shape index (κ1) is 36.3. The number of hydrogen-bond acceptors (Lipinski definition) is 0. The van der Waals surface area contributed by atoms with Crippen LogP contribution < -0.4 is 31.8 Å². The molecule has 0 N–H and O–H groups in total. The molecule has 0 amide bonds. The molecule has 0 spiro atoms. The molecule has 0 atom stereocenters. The first-order chi connectivity index (χ1) is 25.7. The van der Waals surface area contributed by atoms with Crippen LogP contribution in [0.15, 0.2) is 212 Å². The molecule has 0 aliphatic carbocycles. The predicted molar refractivity (Wildman–Crippen MR) is 233 cm³/mol. The van der Waals surface area contributed by atoms with E-state index < -0.39 is 29.4 Å². The van der Waals surface area contributed by atoms with Gasteiger partial charge in [0.15, 0.2) is 0 Å². The summed E-state index contributed by atoms with van der Waals surface area (Å²) in [5.41, 5.74) is 3.84. The molecule has 5 heteroatoms. The molecule has 256 valence electrons. The molecule has 0 fully saturated rings. The van der Waals surface area contributed by atoms with Crippen molar-refractivity contribution in [2.24, 2.45) is 0 Å². The zero-order valence-electron chi connectivity index (χ0n) is 28.4. The molecule has 0 unspecified atom stereocenters. The van der Waals surface area contributed by atoms with Crippen LogP contribution in [-0.2, 0) is 13.5 Å². The van der Waals surface area contributed by atoms with E-state index in [0.717, 1.165) is 5.56 Å². The number of halogens is 2. The van der Waals surface area contributed by atoms with Crippen molar-refractivity contribution in [1.29, 1.82) is 0 Å². The summed E-state index contributed by atoms with van der Waals surface area (Å²) in [5, 5.41) is 11.1. The average Bonchev–Trinajstić information content (AvgIpc) is 3.20. The first-order valence-electron chi connectivity index (χ1n) is 17.1. The van der Waals surface area contributed by atoms with Gasteiger partial charge in [-0.2, -0.15) is 0 Å². The molecule has 8 rings (SSSR count). The fraction of sp³-hybridized carbons (Fsp3) is 0. The first-order valence-corrected chi connectivity index (χ1v) is 25.6. The van der Waals surface area contributed by atoms with Crippen molar-refractivity contribution < 1.29 is 13.5 Å². The van der Waals surface area contributed by atoms with Crippen LogP contribution >= 0.6 is 35.2 Å². The van der Waals surface area contributed by atoms with E-state index in [2.05, 4.69) is 182 Å². The molecule has 0 radical (unpaired) electrons. The Hall–Kier alpha value is -4.05. The van der Waals surface area contributed by atoms with Gasteiger partial charge in [0.05, 0.1) is 15.8 Å². The molecular weight excluding hydrogens is 798 g/mol. The zero-order chi connectivity index (χ0) is 35.5. The standard InChI is InChI=1S/C40H30P2.C7H6.2ClH.Ru/c1-5-18-32(19-6-1)41(33-20-7-2-8-21-33)38-28-16-15-27-37(38)40-36-26-14-13-17-31(36)29-30-39(40)42(34-22-9-3-10-23-34)35-24-11-4-12-25-35;1-7-5-3-2-4-6-7;;;/h1-30H;1-6H;2*1H;/q;;;;+2. The Bertz CT molecular complexity index is 2290. The summed E-state index contributed by atoms with van der Waals surface area (Å²) in [6.45, 7) is 0. The SMILES string of the molecule is [Cl][Ru]([Cl])=[CH]c1ccccc1.c1ccc([PH+](c2ccccc2)c2ccccc2-c2c([PH+](c3ccccc3)c3ccccc3)ccc3ccccc23)cc1. The number of rotatable bonds is 8. The topological polar surface area (TPSA) is 0 Å². The van der Waals surface area contributed by atoms with E-state index in [4.69, 9.17) is 19.4 Å². The molecule has 8 aromatic rings. The van der Waals surface area contributed by atoms with Crippen LogP contribution in [0.5, 0.6) is 0 Å². The molecule has 0 aliphatic heterocycles. The second-order valence-corrected chi connectivity index (χ2v) is 22.8. The second-order valence-electron chi connectivity index (χ2n) is 12.2. The summed E-state index contributed by atoms with van der Waals surface area (Å²) in [6.07, 6.45) is 0. The van der Waals surface area contributed by atoms with Crippen molar-refractivity contribution in [2.75, 3.05) is 0 Å². The van der Waals surface area contributed by atoms with E-state index in [1.54, 1.807) is 0 Å². The van der Waals surface area contributed by atoms with Gasteiger partial charge >= 0.3 is 73.4 Å². The summed E-state index contributed by atoms with van der Waals surface area (Å²) in [5.74, 6) is 0. The Labute approximate surface area is 322 Å². The molecule has 0 saturated carbocycles. The van der Waals surface area contributed by atoms with Crippen LogP contribution in [0.4, 0.5) is 0 Å². The van der Waals surface area contributed by atoms with Crippen LogP contribution in [0.3, 0.4) is 0 Å². The Kier molecular flexibility index (Phi) is 12.7. The van der Waals surface area contributed by atoms with Crippen molar-refractivity contribution in [3.8, 4) is 11.1 Å². The van der Waals surface area contributed by atoms with E-state index in [9.17, 15) is 0 Å². The van der Waals surface area contributed by atoms with Gasteiger partial charge in [-0.15, -0.1) is 0 Å². The molecule has 52 heavy (non-hydrogen) atoms. The van der Waals surface area contributed by atoms with Crippen LogP contribution in [0.1, 0.15) is 5.56 Å². The molecule has 0 aromatic heterocycles. The van der Waals surface area contributed by atoms with Crippen molar-refractivity contribution in [1.82, 2.24) is 0 Å². The van der Waals surface area contributed by atoms with Crippen LogP contribution in [0.2, 0.25) is 0 Å². The zero-order valence-corrected chi connectivity index (χ0v) is 33.6. The van der Waals surface area contributed by atoms with Crippen LogP contribution in [0, 0.1) is 0 Å². The summed E-state index contributed by atoms with van der Waals surface area (Å²) < 4.78 is 1.92. The summed E-state index contributed by atoms with van der Waals surface area (Å²) >= 11 is -1.61.